The van der Waals surface area contributed by atoms with E-state index in [-0.39, 0.29) is 11.7 Å². The number of para-hydroxylation sites is 1. The average molecular weight is 399 g/mol. The topological polar surface area (TPSA) is 67.8 Å². The van der Waals surface area contributed by atoms with Crippen molar-refractivity contribution >= 4 is 55.9 Å². The van der Waals surface area contributed by atoms with Gasteiger partial charge in [-0.15, -0.1) is 0 Å². The molecule has 5 nitrogen and oxygen atoms in total. The first-order valence-corrected chi connectivity index (χ1v) is 10.4. The zero-order valence-corrected chi connectivity index (χ0v) is 16.3. The monoisotopic (exact) mass is 398 g/mol. The van der Waals surface area contributed by atoms with Gasteiger partial charge in [0.1, 0.15) is 0 Å². The van der Waals surface area contributed by atoms with Crippen LogP contribution in [-0.2, 0) is 4.79 Å². The van der Waals surface area contributed by atoms with Gasteiger partial charge in [-0.25, -0.2) is 9.97 Å². The molecule has 0 bridgehead atoms. The van der Waals surface area contributed by atoms with Gasteiger partial charge in [0.25, 0.3) is 0 Å². The third-order valence-electron chi connectivity index (χ3n) is 3.66. The maximum atomic E-state index is 12.2. The second kappa shape index (κ2) is 7.53. The van der Waals surface area contributed by atoms with Crippen molar-refractivity contribution in [2.45, 2.75) is 11.3 Å². The first-order valence-electron chi connectivity index (χ1n) is 7.87. The number of thiazole rings is 1. The van der Waals surface area contributed by atoms with Gasteiger partial charge >= 0.3 is 0 Å². The fourth-order valence-electron chi connectivity index (χ4n) is 2.41. The van der Waals surface area contributed by atoms with Gasteiger partial charge in [-0.3, -0.25) is 4.79 Å². The van der Waals surface area contributed by atoms with E-state index >= 15 is 0 Å². The van der Waals surface area contributed by atoms with E-state index in [1.54, 1.807) is 0 Å². The summed E-state index contributed by atoms with van der Waals surface area (Å²) >= 11 is 4.17. The number of thioether (sulfide) groups is 1. The Morgan fingerprint density at radius 1 is 1.12 bits per heavy atom. The number of nitrogens with zero attached hydrogens (tertiary/aromatic N) is 3. The first-order chi connectivity index (χ1) is 12.7. The van der Waals surface area contributed by atoms with Gasteiger partial charge in [0.2, 0.25) is 5.91 Å². The molecular formula is C18H14N4OS3. The Balaban J connectivity index is 1.38. The van der Waals surface area contributed by atoms with Gasteiger partial charge < -0.3 is 5.32 Å². The number of fused-ring (bicyclic) bond motifs is 1. The van der Waals surface area contributed by atoms with Gasteiger partial charge in [-0.2, -0.15) is 4.37 Å². The minimum atomic E-state index is -0.0957. The van der Waals surface area contributed by atoms with E-state index in [4.69, 9.17) is 0 Å². The molecule has 0 spiro atoms. The van der Waals surface area contributed by atoms with Gasteiger partial charge in [0.15, 0.2) is 15.3 Å². The highest BCUT2D eigenvalue weighted by Gasteiger charge is 2.12. The highest BCUT2D eigenvalue weighted by molar-refractivity contribution is 8.01. The predicted molar refractivity (Wildman–Crippen MR) is 109 cm³/mol. The summed E-state index contributed by atoms with van der Waals surface area (Å²) in [6, 6.07) is 15.8. The second-order valence-electron chi connectivity index (χ2n) is 5.52. The van der Waals surface area contributed by atoms with Crippen LogP contribution in [0.5, 0.6) is 0 Å². The molecule has 4 aromatic rings. The normalized spacial score (nSPS) is 11.0. The van der Waals surface area contributed by atoms with Crippen LogP contribution in [0.4, 0.5) is 5.13 Å². The van der Waals surface area contributed by atoms with Crippen molar-refractivity contribution in [3.05, 3.63) is 54.1 Å². The van der Waals surface area contributed by atoms with E-state index < -0.39 is 0 Å². The molecule has 2 aromatic heterocycles. The van der Waals surface area contributed by atoms with Crippen LogP contribution < -0.4 is 5.32 Å². The Hall–Kier alpha value is -2.29. The minimum Gasteiger partial charge on any atom is -0.301 e. The van der Waals surface area contributed by atoms with Crippen molar-refractivity contribution in [1.29, 1.82) is 0 Å². The van der Waals surface area contributed by atoms with E-state index in [1.807, 2.05) is 55.5 Å². The maximum absolute atomic E-state index is 12.2. The lowest BCUT2D eigenvalue weighted by Gasteiger charge is -2.00. The number of nitrogens with one attached hydrogen (secondary N) is 1. The predicted octanol–water partition coefficient (Wildman–Crippen LogP) is 4.85. The molecule has 4 rings (SSSR count). The Labute approximate surface area is 162 Å². The zero-order valence-electron chi connectivity index (χ0n) is 13.8. The molecule has 130 valence electrons. The molecule has 0 aliphatic rings. The molecule has 0 radical (unpaired) electrons. The van der Waals surface area contributed by atoms with E-state index in [1.165, 1.54) is 34.6 Å². The molecule has 0 unspecified atom stereocenters. The molecule has 26 heavy (non-hydrogen) atoms. The van der Waals surface area contributed by atoms with Crippen LogP contribution in [0.25, 0.3) is 21.6 Å². The second-order valence-corrected chi connectivity index (χ2v) is 8.53. The van der Waals surface area contributed by atoms with Gasteiger partial charge in [-0.05, 0) is 36.2 Å². The molecule has 0 aliphatic carbocycles. The molecule has 0 fully saturated rings. The van der Waals surface area contributed by atoms with Crippen molar-refractivity contribution in [3.63, 3.8) is 0 Å². The van der Waals surface area contributed by atoms with E-state index in [2.05, 4.69) is 19.7 Å². The number of amides is 1. The van der Waals surface area contributed by atoms with Crippen LogP contribution >= 0.6 is 34.6 Å². The lowest BCUT2D eigenvalue weighted by atomic mass is 10.1. The van der Waals surface area contributed by atoms with Crippen LogP contribution in [0.3, 0.4) is 0 Å². The SMILES string of the molecule is Cc1ccccc1-c1nsc(SCC(=O)Nc2nc3ccccc3s2)n1. The minimum absolute atomic E-state index is 0.0957. The summed E-state index contributed by atoms with van der Waals surface area (Å²) in [5.74, 6) is 0.891. The highest BCUT2D eigenvalue weighted by atomic mass is 32.2. The largest absolute Gasteiger partial charge is 0.301 e. The van der Waals surface area contributed by atoms with Crippen LogP contribution in [0, 0.1) is 6.92 Å². The molecule has 8 heteroatoms. The highest BCUT2D eigenvalue weighted by Crippen LogP contribution is 2.28. The fourth-order valence-corrected chi connectivity index (χ4v) is 4.70. The number of rotatable bonds is 5. The molecule has 0 atom stereocenters. The van der Waals surface area contributed by atoms with Crippen LogP contribution in [0.2, 0.25) is 0 Å². The lowest BCUT2D eigenvalue weighted by Crippen LogP contribution is -2.13. The zero-order chi connectivity index (χ0) is 17.9. The van der Waals surface area contributed by atoms with Crippen molar-refractivity contribution < 1.29 is 4.79 Å². The third kappa shape index (κ3) is 3.77. The number of carbonyl (C=O) groups is 1. The first kappa shape index (κ1) is 17.1. The molecule has 0 saturated carbocycles. The number of anilines is 1. The quantitative estimate of drug-likeness (QED) is 0.487. The van der Waals surface area contributed by atoms with E-state index in [9.17, 15) is 4.79 Å². The molecule has 0 saturated heterocycles. The van der Waals surface area contributed by atoms with Gasteiger partial charge in [-0.1, -0.05) is 59.5 Å². The Morgan fingerprint density at radius 3 is 2.77 bits per heavy atom. The van der Waals surface area contributed by atoms with Gasteiger partial charge in [0, 0.05) is 5.56 Å². The number of aryl methyl sites for hydroxylation is 1. The lowest BCUT2D eigenvalue weighted by molar-refractivity contribution is -0.113. The number of aromatic nitrogens is 3. The summed E-state index contributed by atoms with van der Waals surface area (Å²) in [7, 11) is 0. The summed E-state index contributed by atoms with van der Waals surface area (Å²) in [4.78, 5) is 21.1. The standard InChI is InChI=1S/C18H14N4OS3/c1-11-6-2-3-7-12(11)16-21-18(26-22-16)24-10-15(23)20-17-19-13-8-4-5-9-14(13)25-17/h2-9H,10H2,1H3,(H,19,20,23). The molecule has 1 amide bonds. The summed E-state index contributed by atoms with van der Waals surface area (Å²) in [6.07, 6.45) is 0. The average Bonchev–Trinajstić information content (AvgIpc) is 3.26. The Kier molecular flexibility index (Phi) is 4.96. The number of hydrogen-bond donors (Lipinski definition) is 1. The Bertz CT molecular complexity index is 1040. The molecular weight excluding hydrogens is 384 g/mol. The molecule has 2 heterocycles. The van der Waals surface area contributed by atoms with Crippen molar-refractivity contribution in [2.75, 3.05) is 11.1 Å². The van der Waals surface area contributed by atoms with Crippen molar-refractivity contribution in [3.8, 4) is 11.4 Å². The summed E-state index contributed by atoms with van der Waals surface area (Å²) < 4.78 is 6.24. The molecule has 1 N–H and O–H groups in total. The van der Waals surface area contributed by atoms with Crippen LogP contribution in [0.1, 0.15) is 5.56 Å². The number of benzene rings is 2. The summed E-state index contributed by atoms with van der Waals surface area (Å²) in [6.45, 7) is 2.04. The van der Waals surface area contributed by atoms with Crippen LogP contribution in [-0.4, -0.2) is 26.0 Å². The smallest absolute Gasteiger partial charge is 0.236 e. The fraction of sp³-hybridized carbons (Fsp3) is 0.111. The van der Waals surface area contributed by atoms with Gasteiger partial charge in [0.05, 0.1) is 16.0 Å². The number of hydrogen-bond acceptors (Lipinski definition) is 7. The summed E-state index contributed by atoms with van der Waals surface area (Å²) in [5, 5.41) is 3.47. The van der Waals surface area contributed by atoms with Crippen LogP contribution in [0.15, 0.2) is 52.9 Å². The Morgan fingerprint density at radius 2 is 1.92 bits per heavy atom. The molecule has 0 aliphatic heterocycles. The summed E-state index contributed by atoms with van der Waals surface area (Å²) in [5.41, 5.74) is 3.05. The third-order valence-corrected chi connectivity index (χ3v) is 6.45. The maximum Gasteiger partial charge on any atom is 0.236 e. The number of carbonyl (C=O) groups excluding carboxylic acids is 1. The molecule has 2 aromatic carbocycles. The van der Waals surface area contributed by atoms with Crippen molar-refractivity contribution in [1.82, 2.24) is 14.3 Å². The van der Waals surface area contributed by atoms with Crippen molar-refractivity contribution in [2.24, 2.45) is 0 Å². The van der Waals surface area contributed by atoms with E-state index in [0.29, 0.717) is 11.0 Å². The van der Waals surface area contributed by atoms with E-state index in [0.717, 1.165) is 25.7 Å².